The fraction of sp³-hybridized carbons (Fsp3) is 0.524. The Labute approximate surface area is 170 Å². The summed E-state index contributed by atoms with van der Waals surface area (Å²) in [5, 5.41) is 5.35. The van der Waals surface area contributed by atoms with Gasteiger partial charge in [0.15, 0.2) is 5.69 Å². The van der Waals surface area contributed by atoms with Crippen molar-refractivity contribution in [3.63, 3.8) is 0 Å². The molecule has 1 aromatic carbocycles. The topological polar surface area (TPSA) is 50.6 Å². The lowest BCUT2D eigenvalue weighted by Gasteiger charge is -2.31. The number of benzene rings is 1. The summed E-state index contributed by atoms with van der Waals surface area (Å²) < 4.78 is 7.18. The Morgan fingerprint density at radius 3 is 2.75 bits per heavy atom. The van der Waals surface area contributed by atoms with Crippen molar-refractivity contribution in [2.24, 2.45) is 0 Å². The van der Waals surface area contributed by atoms with Crippen LogP contribution in [-0.4, -0.2) is 64.8 Å². The van der Waals surface area contributed by atoms with Crippen LogP contribution in [0.2, 0.25) is 5.02 Å². The summed E-state index contributed by atoms with van der Waals surface area (Å²) in [7, 11) is 1.61. The van der Waals surface area contributed by atoms with Gasteiger partial charge < -0.3 is 14.5 Å². The van der Waals surface area contributed by atoms with Crippen LogP contribution in [0.3, 0.4) is 0 Å². The number of piperidine rings is 1. The standard InChI is InChI=1S/C21H25ClN4O2/c1-28-19-6-5-15(13-17(19)22)26-18-4-2-3-16(18)20(23-26)21(27)25-12-11-24-9-7-14(25)8-10-24/h5-6,13-14H,2-4,7-12H2,1H3. The van der Waals surface area contributed by atoms with Crippen LogP contribution < -0.4 is 4.74 Å². The molecule has 4 aliphatic rings. The van der Waals surface area contributed by atoms with Crippen LogP contribution in [0.1, 0.15) is 41.0 Å². The van der Waals surface area contributed by atoms with Crippen LogP contribution in [0, 0.1) is 0 Å². The molecule has 0 unspecified atom stereocenters. The Morgan fingerprint density at radius 1 is 1.18 bits per heavy atom. The smallest absolute Gasteiger partial charge is 0.274 e. The summed E-state index contributed by atoms with van der Waals surface area (Å²) in [5.41, 5.74) is 3.79. The number of rotatable bonds is 3. The molecule has 1 aromatic heterocycles. The van der Waals surface area contributed by atoms with Crippen molar-refractivity contribution in [3.05, 3.63) is 40.2 Å². The maximum atomic E-state index is 13.5. The minimum atomic E-state index is 0.102. The minimum absolute atomic E-state index is 0.102. The molecule has 1 aliphatic carbocycles. The zero-order valence-electron chi connectivity index (χ0n) is 16.2. The number of carbonyl (C=O) groups is 1. The molecule has 0 spiro atoms. The first-order chi connectivity index (χ1) is 13.7. The molecule has 0 N–H and O–H groups in total. The predicted molar refractivity (Wildman–Crippen MR) is 108 cm³/mol. The van der Waals surface area contributed by atoms with E-state index in [4.69, 9.17) is 21.4 Å². The lowest BCUT2D eigenvalue weighted by atomic mass is 10.0. The van der Waals surface area contributed by atoms with Gasteiger partial charge in [0.2, 0.25) is 0 Å². The van der Waals surface area contributed by atoms with Crippen LogP contribution in [0.4, 0.5) is 0 Å². The first kappa shape index (κ1) is 18.0. The Bertz CT molecular complexity index is 917. The average Bonchev–Trinajstić information content (AvgIpc) is 3.19. The molecule has 3 fully saturated rings. The van der Waals surface area contributed by atoms with E-state index >= 15 is 0 Å². The average molecular weight is 401 g/mol. The Kier molecular flexibility index (Phi) is 4.56. The number of ether oxygens (including phenoxy) is 1. The molecule has 2 aromatic rings. The molecule has 6 rings (SSSR count). The summed E-state index contributed by atoms with van der Waals surface area (Å²) in [4.78, 5) is 18.0. The number of aromatic nitrogens is 2. The van der Waals surface area contributed by atoms with Crippen molar-refractivity contribution in [1.82, 2.24) is 19.6 Å². The minimum Gasteiger partial charge on any atom is -0.495 e. The van der Waals surface area contributed by atoms with E-state index in [-0.39, 0.29) is 5.91 Å². The van der Waals surface area contributed by atoms with Crippen LogP contribution in [0.15, 0.2) is 18.2 Å². The third-order valence-corrected chi connectivity index (χ3v) is 6.72. The first-order valence-electron chi connectivity index (χ1n) is 10.1. The zero-order chi connectivity index (χ0) is 19.3. The van der Waals surface area contributed by atoms with Gasteiger partial charge in [-0.3, -0.25) is 4.79 Å². The quantitative estimate of drug-likeness (QED) is 0.794. The second-order valence-electron chi connectivity index (χ2n) is 7.93. The van der Waals surface area contributed by atoms with Gasteiger partial charge >= 0.3 is 0 Å². The SMILES string of the molecule is COc1ccc(-n2nc(C(=O)N3CCN4CCC3CC4)c3c2CCC3)cc1Cl. The molecule has 7 heteroatoms. The second kappa shape index (κ2) is 7.08. The maximum absolute atomic E-state index is 13.5. The molecule has 0 radical (unpaired) electrons. The monoisotopic (exact) mass is 400 g/mol. The third kappa shape index (κ3) is 2.90. The van der Waals surface area contributed by atoms with Crippen LogP contribution >= 0.6 is 11.6 Å². The van der Waals surface area contributed by atoms with Crippen molar-refractivity contribution in [2.45, 2.75) is 38.1 Å². The van der Waals surface area contributed by atoms with Crippen molar-refractivity contribution >= 4 is 17.5 Å². The number of carbonyl (C=O) groups excluding carboxylic acids is 1. The molecule has 1 amide bonds. The Morgan fingerprint density at radius 2 is 2.00 bits per heavy atom. The van der Waals surface area contributed by atoms with Crippen molar-refractivity contribution < 1.29 is 9.53 Å². The number of fused-ring (bicyclic) bond motifs is 5. The molecule has 2 bridgehead atoms. The number of nitrogens with zero attached hydrogens (tertiary/aromatic N) is 4. The van der Waals surface area contributed by atoms with E-state index in [0.717, 1.165) is 75.2 Å². The van der Waals surface area contributed by atoms with Gasteiger partial charge in [0.05, 0.1) is 17.8 Å². The van der Waals surface area contributed by atoms with E-state index in [1.807, 2.05) is 22.9 Å². The fourth-order valence-electron chi connectivity index (χ4n) is 4.90. The molecule has 3 aliphatic heterocycles. The summed E-state index contributed by atoms with van der Waals surface area (Å²) in [5.74, 6) is 0.742. The zero-order valence-corrected chi connectivity index (χ0v) is 16.9. The van der Waals surface area contributed by atoms with E-state index in [1.54, 1.807) is 7.11 Å². The summed E-state index contributed by atoms with van der Waals surface area (Å²) in [6.45, 7) is 3.98. The van der Waals surface area contributed by atoms with Crippen LogP contribution in [0.5, 0.6) is 5.75 Å². The van der Waals surface area contributed by atoms with Gasteiger partial charge in [-0.15, -0.1) is 0 Å². The molecule has 6 nitrogen and oxygen atoms in total. The van der Waals surface area contributed by atoms with Gasteiger partial charge in [0.1, 0.15) is 5.75 Å². The predicted octanol–water partition coefficient (Wildman–Crippen LogP) is 2.94. The molecule has 0 atom stereocenters. The van der Waals surface area contributed by atoms with Gasteiger partial charge in [-0.2, -0.15) is 5.10 Å². The van der Waals surface area contributed by atoms with Gasteiger partial charge in [-0.05, 0) is 50.3 Å². The van der Waals surface area contributed by atoms with Gasteiger partial charge in [0, 0.05) is 43.5 Å². The van der Waals surface area contributed by atoms with E-state index in [9.17, 15) is 4.79 Å². The lowest BCUT2D eigenvalue weighted by molar-refractivity contribution is 0.0677. The molecular formula is C21H25ClN4O2. The number of methoxy groups -OCH3 is 1. The maximum Gasteiger partial charge on any atom is 0.274 e. The molecule has 4 heterocycles. The van der Waals surface area contributed by atoms with Crippen molar-refractivity contribution in [1.29, 1.82) is 0 Å². The van der Waals surface area contributed by atoms with E-state index in [0.29, 0.717) is 22.5 Å². The summed E-state index contributed by atoms with van der Waals surface area (Å²) >= 11 is 6.34. The van der Waals surface area contributed by atoms with Crippen LogP contribution in [-0.2, 0) is 12.8 Å². The van der Waals surface area contributed by atoms with E-state index in [1.165, 1.54) is 0 Å². The fourth-order valence-corrected chi connectivity index (χ4v) is 5.15. The van der Waals surface area contributed by atoms with Crippen molar-refractivity contribution in [2.75, 3.05) is 33.3 Å². The number of hydrogen-bond acceptors (Lipinski definition) is 4. The molecule has 148 valence electrons. The van der Waals surface area contributed by atoms with Gasteiger partial charge in [-0.1, -0.05) is 11.6 Å². The Hall–Kier alpha value is -2.05. The van der Waals surface area contributed by atoms with Gasteiger partial charge in [0.25, 0.3) is 5.91 Å². The summed E-state index contributed by atoms with van der Waals surface area (Å²) in [6.07, 6.45) is 5.07. The summed E-state index contributed by atoms with van der Waals surface area (Å²) in [6, 6.07) is 6.01. The highest BCUT2D eigenvalue weighted by molar-refractivity contribution is 6.32. The highest BCUT2D eigenvalue weighted by Gasteiger charge is 2.36. The highest BCUT2D eigenvalue weighted by Crippen LogP contribution is 2.32. The second-order valence-corrected chi connectivity index (χ2v) is 8.34. The third-order valence-electron chi connectivity index (χ3n) is 6.43. The largest absolute Gasteiger partial charge is 0.495 e. The molecule has 28 heavy (non-hydrogen) atoms. The number of amides is 1. The number of halogens is 1. The highest BCUT2D eigenvalue weighted by atomic mass is 35.5. The lowest BCUT2D eigenvalue weighted by Crippen LogP contribution is -2.42. The molecular weight excluding hydrogens is 376 g/mol. The van der Waals surface area contributed by atoms with E-state index < -0.39 is 0 Å². The first-order valence-corrected chi connectivity index (χ1v) is 10.5. The normalized spacial score (nSPS) is 23.6. The molecule has 0 saturated carbocycles. The van der Waals surface area contributed by atoms with Crippen molar-refractivity contribution in [3.8, 4) is 11.4 Å². The Balaban J connectivity index is 1.52. The van der Waals surface area contributed by atoms with Gasteiger partial charge in [-0.25, -0.2) is 4.68 Å². The van der Waals surface area contributed by atoms with E-state index in [2.05, 4.69) is 9.80 Å². The van der Waals surface area contributed by atoms with Crippen LogP contribution in [0.25, 0.3) is 5.69 Å². The molecule has 3 saturated heterocycles. The number of hydrogen-bond donors (Lipinski definition) is 0.